The molecule has 3 aromatic carbocycles. The molecule has 1 unspecified atom stereocenters. The van der Waals surface area contributed by atoms with Crippen molar-refractivity contribution in [2.75, 3.05) is 0 Å². The van der Waals surface area contributed by atoms with Gasteiger partial charge in [-0.15, -0.1) is 0 Å². The molecule has 0 saturated heterocycles. The highest BCUT2D eigenvalue weighted by atomic mass is 35.5. The molecule has 0 radical (unpaired) electrons. The number of hydrogen-bond acceptors (Lipinski definition) is 3. The van der Waals surface area contributed by atoms with Crippen molar-refractivity contribution in [1.82, 2.24) is 0 Å². The first-order valence-corrected chi connectivity index (χ1v) is 10.4. The first kappa shape index (κ1) is 21.6. The van der Waals surface area contributed by atoms with E-state index >= 15 is 0 Å². The summed E-state index contributed by atoms with van der Waals surface area (Å²) in [5.41, 5.74) is 3.81. The molecular formula is C26H24ClNO2. The Hall–Kier alpha value is -3.09. The van der Waals surface area contributed by atoms with Crippen LogP contribution in [0.25, 0.3) is 11.1 Å². The van der Waals surface area contributed by atoms with Crippen LogP contribution in [0.4, 0.5) is 0 Å². The molecule has 0 aliphatic carbocycles. The maximum absolute atomic E-state index is 12.7. The second-order valence-electron chi connectivity index (χ2n) is 7.53. The van der Waals surface area contributed by atoms with E-state index in [2.05, 4.69) is 18.2 Å². The van der Waals surface area contributed by atoms with Crippen LogP contribution in [0.3, 0.4) is 0 Å². The minimum atomic E-state index is -0.398. The van der Waals surface area contributed by atoms with Crippen molar-refractivity contribution in [3.8, 4) is 22.9 Å². The molecule has 0 aliphatic rings. The first-order valence-electron chi connectivity index (χ1n) is 9.99. The Morgan fingerprint density at radius 2 is 1.67 bits per heavy atom. The number of carbonyl (C=O) groups is 1. The van der Waals surface area contributed by atoms with Gasteiger partial charge in [0, 0.05) is 12.0 Å². The van der Waals surface area contributed by atoms with Gasteiger partial charge in [0.1, 0.15) is 5.75 Å². The van der Waals surface area contributed by atoms with E-state index in [0.717, 1.165) is 16.7 Å². The average molecular weight is 418 g/mol. The number of halogens is 1. The Bertz CT molecular complexity index is 1040. The summed E-state index contributed by atoms with van der Waals surface area (Å²) in [7, 11) is 0. The molecule has 4 heteroatoms. The van der Waals surface area contributed by atoms with Crippen molar-refractivity contribution >= 4 is 17.4 Å². The third kappa shape index (κ3) is 5.72. The molecule has 30 heavy (non-hydrogen) atoms. The Morgan fingerprint density at radius 3 is 2.27 bits per heavy atom. The van der Waals surface area contributed by atoms with Crippen LogP contribution in [0.5, 0.6) is 5.75 Å². The highest BCUT2D eigenvalue weighted by molar-refractivity contribution is 6.32. The van der Waals surface area contributed by atoms with E-state index in [4.69, 9.17) is 16.3 Å². The molecule has 0 bridgehead atoms. The van der Waals surface area contributed by atoms with Gasteiger partial charge in [-0.2, -0.15) is 5.26 Å². The molecule has 3 nitrogen and oxygen atoms in total. The number of Topliss-reactive ketones (excluding diaryl/α,β-unsaturated/α-hetero) is 1. The summed E-state index contributed by atoms with van der Waals surface area (Å²) in [6.07, 6.45) is 0.678. The molecule has 0 N–H and O–H groups in total. The molecule has 152 valence electrons. The SMILES string of the molecule is CC(C)Oc1ccc(C(=O)CC(C#N)Cc2ccc(-c3ccccc3)cc2)cc1Cl. The van der Waals surface area contributed by atoms with Gasteiger partial charge in [-0.3, -0.25) is 4.79 Å². The minimum Gasteiger partial charge on any atom is -0.489 e. The van der Waals surface area contributed by atoms with E-state index in [1.807, 2.05) is 56.3 Å². The molecular weight excluding hydrogens is 394 g/mol. The molecule has 0 amide bonds. The quantitative estimate of drug-likeness (QED) is 0.381. The summed E-state index contributed by atoms with van der Waals surface area (Å²) in [6.45, 7) is 3.83. The van der Waals surface area contributed by atoms with Gasteiger partial charge in [0.25, 0.3) is 0 Å². The van der Waals surface area contributed by atoms with Crippen molar-refractivity contribution in [3.05, 3.63) is 88.9 Å². The van der Waals surface area contributed by atoms with Crippen LogP contribution in [0.1, 0.15) is 36.2 Å². The first-order chi connectivity index (χ1) is 14.5. The van der Waals surface area contributed by atoms with Crippen molar-refractivity contribution in [2.24, 2.45) is 5.92 Å². The van der Waals surface area contributed by atoms with Gasteiger partial charge in [-0.05, 0) is 55.2 Å². The predicted octanol–water partition coefficient (Wildman–Crippen LogP) is 6.75. The Kier molecular flexibility index (Phi) is 7.27. The summed E-state index contributed by atoms with van der Waals surface area (Å²) < 4.78 is 5.61. The largest absolute Gasteiger partial charge is 0.489 e. The fourth-order valence-corrected chi connectivity index (χ4v) is 3.50. The number of nitriles is 1. The van der Waals surface area contributed by atoms with Gasteiger partial charge in [0.05, 0.1) is 23.1 Å². The van der Waals surface area contributed by atoms with Gasteiger partial charge < -0.3 is 4.74 Å². The lowest BCUT2D eigenvalue weighted by Crippen LogP contribution is -2.11. The number of hydrogen-bond donors (Lipinski definition) is 0. The zero-order chi connectivity index (χ0) is 21.5. The molecule has 3 aromatic rings. The molecule has 0 aliphatic heterocycles. The fourth-order valence-electron chi connectivity index (χ4n) is 3.28. The number of ether oxygens (including phenoxy) is 1. The van der Waals surface area contributed by atoms with Gasteiger partial charge in [0.15, 0.2) is 5.78 Å². The topological polar surface area (TPSA) is 50.1 Å². The van der Waals surface area contributed by atoms with E-state index in [-0.39, 0.29) is 18.3 Å². The second-order valence-corrected chi connectivity index (χ2v) is 7.94. The summed E-state index contributed by atoms with van der Waals surface area (Å²) in [4.78, 5) is 12.7. The maximum Gasteiger partial charge on any atom is 0.164 e. The maximum atomic E-state index is 12.7. The van der Waals surface area contributed by atoms with Crippen LogP contribution in [-0.4, -0.2) is 11.9 Å². The van der Waals surface area contributed by atoms with Gasteiger partial charge in [-0.25, -0.2) is 0 Å². The Balaban J connectivity index is 1.65. The third-order valence-corrected chi connectivity index (χ3v) is 5.07. The number of ketones is 1. The molecule has 0 saturated carbocycles. The van der Waals surface area contributed by atoms with E-state index < -0.39 is 5.92 Å². The molecule has 3 rings (SSSR count). The van der Waals surface area contributed by atoms with Crippen molar-refractivity contribution in [3.63, 3.8) is 0 Å². The van der Waals surface area contributed by atoms with Crippen molar-refractivity contribution in [2.45, 2.75) is 32.8 Å². The summed E-state index contributed by atoms with van der Waals surface area (Å²) in [5.74, 6) is 0.0597. The number of carbonyl (C=O) groups excluding carboxylic acids is 1. The van der Waals surface area contributed by atoms with Crippen molar-refractivity contribution in [1.29, 1.82) is 5.26 Å². The number of nitrogens with zero attached hydrogens (tertiary/aromatic N) is 1. The Morgan fingerprint density at radius 1 is 1.00 bits per heavy atom. The lowest BCUT2D eigenvalue weighted by molar-refractivity contribution is 0.0970. The number of benzene rings is 3. The molecule has 0 aromatic heterocycles. The highest BCUT2D eigenvalue weighted by Crippen LogP contribution is 2.28. The average Bonchev–Trinajstić information content (AvgIpc) is 2.75. The standard InChI is InChI=1S/C26H24ClNO2/c1-18(2)30-26-13-12-23(16-24(26)27)25(29)15-20(17-28)14-19-8-10-22(11-9-19)21-6-4-3-5-7-21/h3-13,16,18,20H,14-15H2,1-2H3. The molecule has 0 spiro atoms. The molecule has 0 fully saturated rings. The number of rotatable bonds is 8. The second kappa shape index (κ2) is 10.1. The van der Waals surface area contributed by atoms with Crippen LogP contribution in [-0.2, 0) is 6.42 Å². The van der Waals surface area contributed by atoms with E-state index in [1.54, 1.807) is 18.2 Å². The highest BCUT2D eigenvalue weighted by Gasteiger charge is 2.17. The fraction of sp³-hybridized carbons (Fsp3) is 0.231. The zero-order valence-corrected chi connectivity index (χ0v) is 17.9. The third-order valence-electron chi connectivity index (χ3n) is 4.77. The summed E-state index contributed by atoms with van der Waals surface area (Å²) in [5, 5.41) is 9.97. The lowest BCUT2D eigenvalue weighted by Gasteiger charge is -2.13. The van der Waals surface area contributed by atoms with E-state index in [9.17, 15) is 10.1 Å². The minimum absolute atomic E-state index is 0.000278. The zero-order valence-electron chi connectivity index (χ0n) is 17.1. The molecule has 0 heterocycles. The lowest BCUT2D eigenvalue weighted by atomic mass is 9.92. The van der Waals surface area contributed by atoms with Crippen LogP contribution in [0, 0.1) is 17.2 Å². The van der Waals surface area contributed by atoms with E-state index in [0.29, 0.717) is 22.8 Å². The normalized spacial score (nSPS) is 11.7. The van der Waals surface area contributed by atoms with Crippen LogP contribution >= 0.6 is 11.6 Å². The summed E-state index contributed by atoms with van der Waals surface area (Å²) >= 11 is 6.24. The van der Waals surface area contributed by atoms with Crippen LogP contribution in [0.2, 0.25) is 5.02 Å². The monoisotopic (exact) mass is 417 g/mol. The molecule has 1 atom stereocenters. The van der Waals surface area contributed by atoms with Gasteiger partial charge in [-0.1, -0.05) is 66.2 Å². The van der Waals surface area contributed by atoms with Crippen LogP contribution < -0.4 is 4.74 Å². The van der Waals surface area contributed by atoms with Crippen molar-refractivity contribution < 1.29 is 9.53 Å². The smallest absolute Gasteiger partial charge is 0.164 e. The van der Waals surface area contributed by atoms with Gasteiger partial charge in [0.2, 0.25) is 0 Å². The van der Waals surface area contributed by atoms with E-state index in [1.165, 1.54) is 0 Å². The predicted molar refractivity (Wildman–Crippen MR) is 121 cm³/mol. The Labute approximate surface area is 182 Å². The summed E-state index contributed by atoms with van der Waals surface area (Å²) in [6, 6.07) is 25.6. The van der Waals surface area contributed by atoms with Crippen LogP contribution in [0.15, 0.2) is 72.8 Å². The van der Waals surface area contributed by atoms with Gasteiger partial charge >= 0.3 is 0 Å².